The number of carboxylic acid groups (broad SMARTS) is 1. The topological polar surface area (TPSA) is 84.6 Å². The molecule has 0 spiro atoms. The molecule has 2 aromatic heterocycles. The normalized spacial score (nSPS) is 10.9. The van der Waals surface area contributed by atoms with E-state index in [0.717, 1.165) is 5.69 Å². The van der Waals surface area contributed by atoms with Gasteiger partial charge in [-0.05, 0) is 26.8 Å². The number of aryl methyl sites for hydroxylation is 2. The minimum Gasteiger partial charge on any atom is -0.478 e. The zero-order chi connectivity index (χ0) is 16.7. The molecule has 1 N–H and O–H groups in total. The average Bonchev–Trinajstić information content (AvgIpc) is 2.87. The standard InChI is InChI=1S/C17H15N3O3/c1-9-8-14-18-16(12-6-4-5-7-13(12)17(22)23)15(11(3)21)10(2)20(14)19-9/h4-8H,1-3H3,(H,22,23). The quantitative estimate of drug-likeness (QED) is 0.752. The first-order valence-electron chi connectivity index (χ1n) is 7.10. The lowest BCUT2D eigenvalue weighted by atomic mass is 9.97. The van der Waals surface area contributed by atoms with Gasteiger partial charge in [0.15, 0.2) is 11.4 Å². The van der Waals surface area contributed by atoms with E-state index in [1.807, 2.05) is 6.92 Å². The van der Waals surface area contributed by atoms with Gasteiger partial charge in [0.1, 0.15) is 0 Å². The van der Waals surface area contributed by atoms with Crippen LogP contribution in [-0.2, 0) is 0 Å². The van der Waals surface area contributed by atoms with Gasteiger partial charge in [0.2, 0.25) is 0 Å². The monoisotopic (exact) mass is 309 g/mol. The van der Waals surface area contributed by atoms with Crippen LogP contribution in [0.4, 0.5) is 0 Å². The third-order valence-electron chi connectivity index (χ3n) is 3.72. The molecule has 3 aromatic rings. The molecule has 6 heteroatoms. The van der Waals surface area contributed by atoms with Crippen LogP contribution in [0.2, 0.25) is 0 Å². The maximum atomic E-state index is 12.2. The van der Waals surface area contributed by atoms with Gasteiger partial charge in [-0.25, -0.2) is 14.3 Å². The van der Waals surface area contributed by atoms with Crippen LogP contribution in [0.5, 0.6) is 0 Å². The number of nitrogens with zero attached hydrogens (tertiary/aromatic N) is 3. The number of carbonyl (C=O) groups is 2. The second-order valence-electron chi connectivity index (χ2n) is 5.38. The van der Waals surface area contributed by atoms with Gasteiger partial charge in [-0.1, -0.05) is 18.2 Å². The highest BCUT2D eigenvalue weighted by Gasteiger charge is 2.22. The first kappa shape index (κ1) is 14.9. The summed E-state index contributed by atoms with van der Waals surface area (Å²) >= 11 is 0. The van der Waals surface area contributed by atoms with Crippen molar-refractivity contribution in [2.75, 3.05) is 0 Å². The molecule has 0 saturated carbocycles. The predicted octanol–water partition coefficient (Wildman–Crippen LogP) is 2.91. The zero-order valence-corrected chi connectivity index (χ0v) is 13.0. The van der Waals surface area contributed by atoms with Crippen molar-refractivity contribution in [3.8, 4) is 11.3 Å². The molecule has 0 saturated heterocycles. The summed E-state index contributed by atoms with van der Waals surface area (Å²) in [6.45, 7) is 5.07. The third kappa shape index (κ3) is 2.38. The molecule has 0 fully saturated rings. The summed E-state index contributed by atoms with van der Waals surface area (Å²) in [7, 11) is 0. The van der Waals surface area contributed by atoms with Crippen molar-refractivity contribution in [1.82, 2.24) is 14.6 Å². The summed E-state index contributed by atoms with van der Waals surface area (Å²) < 4.78 is 1.61. The maximum Gasteiger partial charge on any atom is 0.336 e. The van der Waals surface area contributed by atoms with E-state index in [2.05, 4.69) is 10.1 Å². The number of hydrogen-bond donors (Lipinski definition) is 1. The summed E-state index contributed by atoms with van der Waals surface area (Å²) in [5.41, 5.74) is 3.30. The molecule has 0 aliphatic rings. The minimum absolute atomic E-state index is 0.113. The summed E-state index contributed by atoms with van der Waals surface area (Å²) in [6, 6.07) is 8.34. The third-order valence-corrected chi connectivity index (χ3v) is 3.72. The molecular weight excluding hydrogens is 294 g/mol. The number of fused-ring (bicyclic) bond motifs is 1. The smallest absolute Gasteiger partial charge is 0.336 e. The van der Waals surface area contributed by atoms with Crippen molar-refractivity contribution >= 4 is 17.4 Å². The summed E-state index contributed by atoms with van der Waals surface area (Å²) in [5.74, 6) is -1.24. The molecule has 0 unspecified atom stereocenters. The lowest BCUT2D eigenvalue weighted by Gasteiger charge is -2.13. The van der Waals surface area contributed by atoms with Gasteiger partial charge in [0, 0.05) is 11.6 Å². The fourth-order valence-electron chi connectivity index (χ4n) is 2.75. The SMILES string of the molecule is CC(=O)c1c(-c2ccccc2C(=O)O)nc2cc(C)nn2c1C. The van der Waals surface area contributed by atoms with Gasteiger partial charge in [0.25, 0.3) is 0 Å². The molecule has 0 aliphatic heterocycles. The van der Waals surface area contributed by atoms with Gasteiger partial charge < -0.3 is 5.11 Å². The van der Waals surface area contributed by atoms with Crippen molar-refractivity contribution in [2.24, 2.45) is 0 Å². The van der Waals surface area contributed by atoms with E-state index in [1.54, 1.807) is 35.7 Å². The fourth-order valence-corrected chi connectivity index (χ4v) is 2.75. The molecule has 0 amide bonds. The predicted molar refractivity (Wildman–Crippen MR) is 84.9 cm³/mol. The van der Waals surface area contributed by atoms with Crippen LogP contribution in [0.25, 0.3) is 16.9 Å². The summed E-state index contributed by atoms with van der Waals surface area (Å²) in [5, 5.41) is 13.7. The van der Waals surface area contributed by atoms with Crippen molar-refractivity contribution in [1.29, 1.82) is 0 Å². The van der Waals surface area contributed by atoms with E-state index in [-0.39, 0.29) is 11.3 Å². The van der Waals surface area contributed by atoms with E-state index in [4.69, 9.17) is 0 Å². The number of hydrogen-bond acceptors (Lipinski definition) is 4. The van der Waals surface area contributed by atoms with E-state index < -0.39 is 5.97 Å². The molecule has 2 heterocycles. The molecule has 0 aliphatic carbocycles. The summed E-state index contributed by atoms with van der Waals surface area (Å²) in [6.07, 6.45) is 0. The van der Waals surface area contributed by atoms with Crippen LogP contribution < -0.4 is 0 Å². The second-order valence-corrected chi connectivity index (χ2v) is 5.38. The first-order valence-corrected chi connectivity index (χ1v) is 7.10. The number of aromatic nitrogens is 3. The molecular formula is C17H15N3O3. The fraction of sp³-hybridized carbons (Fsp3) is 0.176. The molecule has 0 bridgehead atoms. The lowest BCUT2D eigenvalue weighted by molar-refractivity contribution is 0.0697. The van der Waals surface area contributed by atoms with Crippen molar-refractivity contribution in [2.45, 2.75) is 20.8 Å². The lowest BCUT2D eigenvalue weighted by Crippen LogP contribution is -2.10. The Morgan fingerprint density at radius 2 is 1.87 bits per heavy atom. The van der Waals surface area contributed by atoms with Crippen LogP contribution in [0.15, 0.2) is 30.3 Å². The Bertz CT molecular complexity index is 957. The summed E-state index contributed by atoms with van der Waals surface area (Å²) in [4.78, 5) is 28.2. The Labute approximate surface area is 132 Å². The zero-order valence-electron chi connectivity index (χ0n) is 13.0. The van der Waals surface area contributed by atoms with Crippen LogP contribution >= 0.6 is 0 Å². The van der Waals surface area contributed by atoms with Crippen molar-refractivity contribution in [3.63, 3.8) is 0 Å². The first-order chi connectivity index (χ1) is 10.9. The Morgan fingerprint density at radius 1 is 1.17 bits per heavy atom. The molecule has 3 rings (SSSR count). The Morgan fingerprint density at radius 3 is 2.52 bits per heavy atom. The van der Waals surface area contributed by atoms with Gasteiger partial charge in [0.05, 0.1) is 28.2 Å². The van der Waals surface area contributed by atoms with Gasteiger partial charge in [-0.15, -0.1) is 0 Å². The van der Waals surface area contributed by atoms with E-state index in [0.29, 0.717) is 28.2 Å². The number of rotatable bonds is 3. The van der Waals surface area contributed by atoms with Crippen LogP contribution in [0.3, 0.4) is 0 Å². The number of Topliss-reactive ketones (excluding diaryl/α,β-unsaturated/α-hetero) is 1. The Hall–Kier alpha value is -3.02. The number of ketones is 1. The Balaban J connectivity index is 2.44. The molecule has 0 atom stereocenters. The number of carboxylic acids is 1. The van der Waals surface area contributed by atoms with E-state index in [9.17, 15) is 14.7 Å². The Kier molecular flexibility index (Phi) is 3.44. The van der Waals surface area contributed by atoms with Gasteiger partial charge >= 0.3 is 5.97 Å². The largest absolute Gasteiger partial charge is 0.478 e. The molecule has 0 radical (unpaired) electrons. The van der Waals surface area contributed by atoms with Gasteiger partial charge in [-0.2, -0.15) is 5.10 Å². The van der Waals surface area contributed by atoms with Crippen molar-refractivity contribution in [3.05, 3.63) is 52.8 Å². The maximum absolute atomic E-state index is 12.2. The van der Waals surface area contributed by atoms with E-state index in [1.165, 1.54) is 13.0 Å². The number of aromatic carboxylic acids is 1. The second kappa shape index (κ2) is 5.31. The number of benzene rings is 1. The van der Waals surface area contributed by atoms with Crippen LogP contribution in [0, 0.1) is 13.8 Å². The number of carbonyl (C=O) groups excluding carboxylic acids is 1. The highest BCUT2D eigenvalue weighted by molar-refractivity contribution is 6.04. The van der Waals surface area contributed by atoms with Crippen LogP contribution in [-0.4, -0.2) is 31.5 Å². The average molecular weight is 309 g/mol. The highest BCUT2D eigenvalue weighted by atomic mass is 16.4. The van der Waals surface area contributed by atoms with Gasteiger partial charge in [-0.3, -0.25) is 4.79 Å². The molecule has 23 heavy (non-hydrogen) atoms. The van der Waals surface area contributed by atoms with Crippen molar-refractivity contribution < 1.29 is 14.7 Å². The van der Waals surface area contributed by atoms with E-state index >= 15 is 0 Å². The molecule has 6 nitrogen and oxygen atoms in total. The minimum atomic E-state index is -1.06. The highest BCUT2D eigenvalue weighted by Crippen LogP contribution is 2.29. The molecule has 1 aromatic carbocycles. The molecule has 116 valence electrons. The van der Waals surface area contributed by atoms with Crippen LogP contribution in [0.1, 0.15) is 39.0 Å².